The monoisotopic (exact) mass is 173 g/mol. The first kappa shape index (κ1) is 8.33. The standard InChI is InChI=1S/C7H8ClNO2/c8-6-2-1-4(9)3-5(6)7(10)11/h1-3,7,10-11H,9H2. The van der Waals surface area contributed by atoms with Gasteiger partial charge in [0.25, 0.3) is 0 Å². The molecule has 0 heterocycles. The smallest absolute Gasteiger partial charge is 0.179 e. The number of hydrogen-bond acceptors (Lipinski definition) is 3. The average molecular weight is 174 g/mol. The van der Waals surface area contributed by atoms with Crippen LogP contribution >= 0.6 is 11.6 Å². The van der Waals surface area contributed by atoms with Gasteiger partial charge >= 0.3 is 0 Å². The summed E-state index contributed by atoms with van der Waals surface area (Å²) in [6, 6.07) is 4.53. The molecule has 0 spiro atoms. The Kier molecular flexibility index (Phi) is 2.34. The van der Waals surface area contributed by atoms with Crippen molar-refractivity contribution < 1.29 is 10.2 Å². The first-order valence-electron chi connectivity index (χ1n) is 3.02. The van der Waals surface area contributed by atoms with Gasteiger partial charge in [0.2, 0.25) is 0 Å². The molecule has 60 valence electrons. The number of hydrogen-bond donors (Lipinski definition) is 3. The van der Waals surface area contributed by atoms with Gasteiger partial charge in [0.15, 0.2) is 6.29 Å². The van der Waals surface area contributed by atoms with Crippen molar-refractivity contribution in [3.05, 3.63) is 28.8 Å². The Labute approximate surface area is 69.0 Å². The van der Waals surface area contributed by atoms with Crippen LogP contribution in [0.5, 0.6) is 0 Å². The molecule has 0 saturated heterocycles. The zero-order valence-electron chi connectivity index (χ0n) is 5.66. The molecule has 0 fully saturated rings. The molecule has 0 atom stereocenters. The molecular weight excluding hydrogens is 166 g/mol. The molecule has 0 aromatic heterocycles. The molecule has 1 aromatic carbocycles. The van der Waals surface area contributed by atoms with Crippen molar-refractivity contribution in [1.82, 2.24) is 0 Å². The van der Waals surface area contributed by atoms with Crippen molar-refractivity contribution in [3.8, 4) is 0 Å². The van der Waals surface area contributed by atoms with E-state index in [1.165, 1.54) is 12.1 Å². The lowest BCUT2D eigenvalue weighted by atomic mass is 10.2. The SMILES string of the molecule is Nc1ccc(Cl)c(C(O)O)c1. The second kappa shape index (κ2) is 3.09. The topological polar surface area (TPSA) is 66.5 Å². The number of anilines is 1. The third kappa shape index (κ3) is 1.83. The van der Waals surface area contributed by atoms with Crippen LogP contribution in [0.1, 0.15) is 11.9 Å². The van der Waals surface area contributed by atoms with E-state index in [0.717, 1.165) is 0 Å². The van der Waals surface area contributed by atoms with E-state index in [2.05, 4.69) is 0 Å². The zero-order valence-corrected chi connectivity index (χ0v) is 6.42. The molecule has 0 aliphatic carbocycles. The zero-order chi connectivity index (χ0) is 8.43. The van der Waals surface area contributed by atoms with Gasteiger partial charge in [-0.3, -0.25) is 0 Å². The predicted octanol–water partition coefficient (Wildman–Crippen LogP) is 0.905. The van der Waals surface area contributed by atoms with Gasteiger partial charge in [-0.25, -0.2) is 0 Å². The highest BCUT2D eigenvalue weighted by molar-refractivity contribution is 6.31. The Morgan fingerprint density at radius 3 is 2.45 bits per heavy atom. The van der Waals surface area contributed by atoms with Gasteiger partial charge in [0, 0.05) is 16.3 Å². The van der Waals surface area contributed by atoms with Crippen LogP contribution in [-0.2, 0) is 0 Å². The van der Waals surface area contributed by atoms with Gasteiger partial charge in [-0.1, -0.05) is 11.6 Å². The molecule has 3 nitrogen and oxygen atoms in total. The lowest BCUT2D eigenvalue weighted by Crippen LogP contribution is -1.97. The van der Waals surface area contributed by atoms with E-state index in [0.29, 0.717) is 10.7 Å². The number of nitrogen functional groups attached to an aromatic ring is 1. The summed E-state index contributed by atoms with van der Waals surface area (Å²) in [6.07, 6.45) is -1.56. The Balaban J connectivity index is 3.13. The summed E-state index contributed by atoms with van der Waals surface area (Å²) in [5, 5.41) is 17.8. The maximum absolute atomic E-state index is 8.74. The fourth-order valence-corrected chi connectivity index (χ4v) is 0.975. The van der Waals surface area contributed by atoms with Crippen LogP contribution in [0.15, 0.2) is 18.2 Å². The van der Waals surface area contributed by atoms with E-state index in [9.17, 15) is 0 Å². The maximum atomic E-state index is 8.74. The van der Waals surface area contributed by atoms with Crippen LogP contribution in [0, 0.1) is 0 Å². The van der Waals surface area contributed by atoms with Crippen LogP contribution in [0.4, 0.5) is 5.69 Å². The molecule has 0 bridgehead atoms. The summed E-state index contributed by atoms with van der Waals surface area (Å²) in [5.74, 6) is 0. The highest BCUT2D eigenvalue weighted by atomic mass is 35.5. The molecule has 0 aliphatic rings. The minimum atomic E-state index is -1.56. The molecule has 0 amide bonds. The van der Waals surface area contributed by atoms with E-state index < -0.39 is 6.29 Å². The van der Waals surface area contributed by atoms with Crippen molar-refractivity contribution in [2.45, 2.75) is 6.29 Å². The van der Waals surface area contributed by atoms with E-state index in [1.54, 1.807) is 6.07 Å². The summed E-state index contributed by atoms with van der Waals surface area (Å²) in [4.78, 5) is 0. The first-order valence-corrected chi connectivity index (χ1v) is 3.40. The molecular formula is C7H8ClNO2. The molecule has 4 N–H and O–H groups in total. The number of rotatable bonds is 1. The Bertz CT molecular complexity index is 263. The van der Waals surface area contributed by atoms with E-state index in [1.807, 2.05) is 0 Å². The Hall–Kier alpha value is -0.770. The van der Waals surface area contributed by atoms with Gasteiger partial charge in [-0.15, -0.1) is 0 Å². The van der Waals surface area contributed by atoms with Crippen LogP contribution in [0.3, 0.4) is 0 Å². The first-order chi connectivity index (χ1) is 5.11. The lowest BCUT2D eigenvalue weighted by molar-refractivity contribution is -0.0423. The number of aliphatic hydroxyl groups is 2. The summed E-state index contributed by atoms with van der Waals surface area (Å²) in [5.41, 5.74) is 6.07. The normalized spacial score (nSPS) is 10.5. The number of benzene rings is 1. The molecule has 0 aliphatic heterocycles. The van der Waals surface area contributed by atoms with Gasteiger partial charge in [-0.05, 0) is 18.2 Å². The van der Waals surface area contributed by atoms with E-state index in [-0.39, 0.29) is 5.56 Å². The lowest BCUT2D eigenvalue weighted by Gasteiger charge is -2.06. The number of aliphatic hydroxyl groups excluding tert-OH is 1. The van der Waals surface area contributed by atoms with Gasteiger partial charge in [0.05, 0.1) is 0 Å². The molecule has 1 aromatic rings. The average Bonchev–Trinajstić information content (AvgIpc) is 1.94. The summed E-state index contributed by atoms with van der Waals surface area (Å²) < 4.78 is 0. The quantitative estimate of drug-likeness (QED) is 0.437. The molecule has 4 heteroatoms. The van der Waals surface area contributed by atoms with Crippen LogP contribution in [-0.4, -0.2) is 10.2 Å². The number of halogens is 1. The Morgan fingerprint density at radius 1 is 1.36 bits per heavy atom. The van der Waals surface area contributed by atoms with Gasteiger partial charge in [0.1, 0.15) is 0 Å². The minimum absolute atomic E-state index is 0.228. The highest BCUT2D eigenvalue weighted by Gasteiger charge is 2.07. The fraction of sp³-hybridized carbons (Fsp3) is 0.143. The number of nitrogens with two attached hydrogens (primary N) is 1. The largest absolute Gasteiger partial charge is 0.399 e. The van der Waals surface area contributed by atoms with Crippen LogP contribution in [0.25, 0.3) is 0 Å². The van der Waals surface area contributed by atoms with Gasteiger partial charge in [-0.2, -0.15) is 0 Å². The molecule has 0 saturated carbocycles. The molecule has 0 unspecified atom stereocenters. The van der Waals surface area contributed by atoms with Gasteiger partial charge < -0.3 is 15.9 Å². The Morgan fingerprint density at radius 2 is 2.00 bits per heavy atom. The summed E-state index contributed by atoms with van der Waals surface area (Å²) in [7, 11) is 0. The fourth-order valence-electron chi connectivity index (χ4n) is 0.760. The van der Waals surface area contributed by atoms with Crippen LogP contribution in [0.2, 0.25) is 5.02 Å². The van der Waals surface area contributed by atoms with E-state index in [4.69, 9.17) is 27.5 Å². The van der Waals surface area contributed by atoms with Crippen molar-refractivity contribution in [2.75, 3.05) is 5.73 Å². The third-order valence-corrected chi connectivity index (χ3v) is 1.64. The second-order valence-electron chi connectivity index (χ2n) is 2.15. The molecule has 0 radical (unpaired) electrons. The third-order valence-electron chi connectivity index (χ3n) is 1.30. The maximum Gasteiger partial charge on any atom is 0.179 e. The van der Waals surface area contributed by atoms with E-state index >= 15 is 0 Å². The summed E-state index contributed by atoms with van der Waals surface area (Å²) in [6.45, 7) is 0. The van der Waals surface area contributed by atoms with Crippen molar-refractivity contribution in [3.63, 3.8) is 0 Å². The molecule has 1 rings (SSSR count). The van der Waals surface area contributed by atoms with Crippen molar-refractivity contribution in [1.29, 1.82) is 0 Å². The van der Waals surface area contributed by atoms with Crippen molar-refractivity contribution >= 4 is 17.3 Å². The van der Waals surface area contributed by atoms with Crippen molar-refractivity contribution in [2.24, 2.45) is 0 Å². The molecule has 11 heavy (non-hydrogen) atoms. The highest BCUT2D eigenvalue weighted by Crippen LogP contribution is 2.23. The minimum Gasteiger partial charge on any atom is -0.399 e. The predicted molar refractivity (Wildman–Crippen MR) is 43.0 cm³/mol. The second-order valence-corrected chi connectivity index (χ2v) is 2.56. The van der Waals surface area contributed by atoms with Crippen LogP contribution < -0.4 is 5.73 Å². The summed E-state index contributed by atoms with van der Waals surface area (Å²) >= 11 is 5.62.